The van der Waals surface area contributed by atoms with Gasteiger partial charge in [-0.1, -0.05) is 0 Å². The van der Waals surface area contributed by atoms with Crippen molar-refractivity contribution in [2.24, 2.45) is 5.41 Å². The van der Waals surface area contributed by atoms with Crippen LogP contribution in [0, 0.1) is 5.41 Å². The lowest BCUT2D eigenvalue weighted by molar-refractivity contribution is 0.153. The van der Waals surface area contributed by atoms with Gasteiger partial charge in [-0.05, 0) is 62.8 Å². The van der Waals surface area contributed by atoms with Gasteiger partial charge in [0.25, 0.3) is 0 Å². The minimum atomic E-state index is -0.110. The molecule has 2 amide bonds. The highest BCUT2D eigenvalue weighted by Crippen LogP contribution is 2.57. The number of anilines is 1. The molecule has 1 aromatic rings. The van der Waals surface area contributed by atoms with Crippen molar-refractivity contribution in [1.82, 2.24) is 10.2 Å². The van der Waals surface area contributed by atoms with Crippen molar-refractivity contribution >= 4 is 11.7 Å². The molecule has 1 saturated heterocycles. The Bertz CT molecular complexity index is 615. The van der Waals surface area contributed by atoms with Gasteiger partial charge in [0.1, 0.15) is 5.75 Å². The molecule has 1 aliphatic carbocycles. The van der Waals surface area contributed by atoms with E-state index in [1.165, 1.54) is 18.5 Å². The topological polar surface area (TPSA) is 65.0 Å². The fraction of sp³-hybridized carbons (Fsp3) is 0.650. The molecule has 1 aliphatic heterocycles. The van der Waals surface area contributed by atoms with Crippen LogP contribution in [0.25, 0.3) is 0 Å². The van der Waals surface area contributed by atoms with Crippen LogP contribution in [0.2, 0.25) is 0 Å². The third kappa shape index (κ3) is 3.75. The van der Waals surface area contributed by atoms with E-state index < -0.39 is 0 Å². The van der Waals surface area contributed by atoms with Crippen molar-refractivity contribution in [2.45, 2.75) is 45.2 Å². The Hall–Kier alpha value is -1.95. The molecule has 2 N–H and O–H groups in total. The summed E-state index contributed by atoms with van der Waals surface area (Å²) in [5, 5.41) is 11.7. The summed E-state index contributed by atoms with van der Waals surface area (Å²) < 4.78 is 5.56. The summed E-state index contributed by atoms with van der Waals surface area (Å²) in [4.78, 5) is 16.6. The first-order valence-electron chi connectivity index (χ1n) is 9.62. The number of hydrogen-bond acceptors (Lipinski definition) is 4. The molecule has 0 bridgehead atoms. The molecule has 0 radical (unpaired) electrons. The smallest absolute Gasteiger partial charge is 0.317 e. The lowest BCUT2D eigenvalue weighted by Crippen LogP contribution is -2.57. The summed E-state index contributed by atoms with van der Waals surface area (Å²) in [7, 11) is 1.86. The van der Waals surface area contributed by atoms with Crippen molar-refractivity contribution in [3.05, 3.63) is 24.3 Å². The zero-order chi connectivity index (χ0) is 18.7. The van der Waals surface area contributed by atoms with Gasteiger partial charge in [0, 0.05) is 31.9 Å². The number of rotatable bonds is 6. The zero-order valence-electron chi connectivity index (χ0n) is 16.1. The van der Waals surface area contributed by atoms with E-state index in [1.54, 1.807) is 0 Å². The van der Waals surface area contributed by atoms with Crippen LogP contribution in [0.5, 0.6) is 5.75 Å². The molecule has 6 heteroatoms. The Labute approximate surface area is 156 Å². The van der Waals surface area contributed by atoms with Gasteiger partial charge in [0.15, 0.2) is 0 Å². The normalized spacial score (nSPS) is 23.6. The number of carbonyl (C=O) groups is 1. The van der Waals surface area contributed by atoms with E-state index in [4.69, 9.17) is 9.84 Å². The van der Waals surface area contributed by atoms with E-state index in [9.17, 15) is 4.79 Å². The van der Waals surface area contributed by atoms with Gasteiger partial charge in [0.05, 0.1) is 19.3 Å². The van der Waals surface area contributed by atoms with Gasteiger partial charge in [-0.25, -0.2) is 4.79 Å². The number of benzene rings is 1. The quantitative estimate of drug-likeness (QED) is 0.817. The number of nitrogens with zero attached hydrogens (tertiary/aromatic N) is 2. The average molecular weight is 361 g/mol. The molecular weight excluding hydrogens is 330 g/mol. The SMILES string of the molecule is CCOc1ccc(N2CC(N(C)C(=O)NCCO)CC3(CC3)C2C)cc1. The Morgan fingerprint density at radius 3 is 2.65 bits per heavy atom. The molecule has 3 rings (SSSR count). The predicted octanol–water partition coefficient (Wildman–Crippen LogP) is 2.47. The van der Waals surface area contributed by atoms with Crippen LogP contribution in [-0.2, 0) is 0 Å². The Balaban J connectivity index is 1.75. The molecule has 26 heavy (non-hydrogen) atoms. The maximum absolute atomic E-state index is 12.3. The van der Waals surface area contributed by atoms with Crippen LogP contribution < -0.4 is 15.0 Å². The number of likely N-dealkylation sites (N-methyl/N-ethyl adjacent to an activating group) is 1. The number of carbonyl (C=O) groups excluding carboxylic acids is 1. The lowest BCUT2D eigenvalue weighted by atomic mass is 9.83. The van der Waals surface area contributed by atoms with E-state index >= 15 is 0 Å². The first kappa shape index (κ1) is 18.8. The number of piperidine rings is 1. The van der Waals surface area contributed by atoms with Crippen molar-refractivity contribution in [2.75, 3.05) is 38.3 Å². The third-order valence-electron chi connectivity index (χ3n) is 6.03. The predicted molar refractivity (Wildman–Crippen MR) is 103 cm³/mol. The number of amides is 2. The van der Waals surface area contributed by atoms with Crippen LogP contribution in [0.1, 0.15) is 33.1 Å². The van der Waals surface area contributed by atoms with Crippen LogP contribution in [-0.4, -0.2) is 61.5 Å². The number of hydrogen-bond donors (Lipinski definition) is 2. The molecule has 2 unspecified atom stereocenters. The monoisotopic (exact) mass is 361 g/mol. The van der Waals surface area contributed by atoms with Gasteiger partial charge in [-0.3, -0.25) is 0 Å². The number of aliphatic hydroxyl groups excluding tert-OH is 1. The largest absolute Gasteiger partial charge is 0.494 e. The second-order valence-corrected chi connectivity index (χ2v) is 7.54. The van der Waals surface area contributed by atoms with Crippen LogP contribution in [0.15, 0.2) is 24.3 Å². The maximum atomic E-state index is 12.3. The van der Waals surface area contributed by atoms with Crippen molar-refractivity contribution in [3.8, 4) is 5.75 Å². The van der Waals surface area contributed by atoms with Crippen molar-refractivity contribution in [1.29, 1.82) is 0 Å². The minimum Gasteiger partial charge on any atom is -0.494 e. The average Bonchev–Trinajstić information content (AvgIpc) is 3.42. The summed E-state index contributed by atoms with van der Waals surface area (Å²) in [6.45, 7) is 6.03. The summed E-state index contributed by atoms with van der Waals surface area (Å²) in [6, 6.07) is 8.79. The second kappa shape index (κ2) is 7.74. The van der Waals surface area contributed by atoms with E-state index in [-0.39, 0.29) is 18.7 Å². The Kier molecular flexibility index (Phi) is 5.61. The molecule has 1 saturated carbocycles. The number of nitrogens with one attached hydrogen (secondary N) is 1. The van der Waals surface area contributed by atoms with E-state index in [0.717, 1.165) is 18.7 Å². The van der Waals surface area contributed by atoms with Gasteiger partial charge < -0.3 is 25.0 Å². The first-order valence-corrected chi connectivity index (χ1v) is 9.62. The standard InChI is InChI=1S/C20H31N3O3/c1-4-26-18-7-5-16(6-8-18)23-14-17(13-20(9-10-20)15(23)2)22(3)19(25)21-11-12-24/h5-8,15,17,24H,4,9-14H2,1-3H3,(H,21,25). The highest BCUT2D eigenvalue weighted by Gasteiger charge is 2.54. The van der Waals surface area contributed by atoms with Crippen molar-refractivity contribution in [3.63, 3.8) is 0 Å². The fourth-order valence-corrected chi connectivity index (χ4v) is 4.14. The van der Waals surface area contributed by atoms with Gasteiger partial charge in [-0.15, -0.1) is 0 Å². The third-order valence-corrected chi connectivity index (χ3v) is 6.03. The number of ether oxygens (including phenoxy) is 1. The minimum absolute atomic E-state index is 0.0382. The number of urea groups is 1. The zero-order valence-corrected chi connectivity index (χ0v) is 16.1. The van der Waals surface area contributed by atoms with E-state index in [2.05, 4.69) is 29.3 Å². The lowest BCUT2D eigenvalue weighted by Gasteiger charge is -2.47. The van der Waals surface area contributed by atoms with Gasteiger partial charge >= 0.3 is 6.03 Å². The Morgan fingerprint density at radius 1 is 1.38 bits per heavy atom. The summed E-state index contributed by atoms with van der Waals surface area (Å²) in [5.41, 5.74) is 1.49. The maximum Gasteiger partial charge on any atom is 0.317 e. The summed E-state index contributed by atoms with van der Waals surface area (Å²) >= 11 is 0. The van der Waals surface area contributed by atoms with Crippen LogP contribution >= 0.6 is 0 Å². The molecule has 144 valence electrons. The van der Waals surface area contributed by atoms with Crippen LogP contribution in [0.3, 0.4) is 0 Å². The highest BCUT2D eigenvalue weighted by molar-refractivity contribution is 5.74. The van der Waals surface area contributed by atoms with Gasteiger partial charge in [0.2, 0.25) is 0 Å². The molecule has 2 fully saturated rings. The second-order valence-electron chi connectivity index (χ2n) is 7.54. The van der Waals surface area contributed by atoms with Crippen molar-refractivity contribution < 1.29 is 14.6 Å². The van der Waals surface area contributed by atoms with E-state index in [1.807, 2.05) is 31.0 Å². The molecule has 2 aliphatic rings. The fourth-order valence-electron chi connectivity index (χ4n) is 4.14. The Morgan fingerprint density at radius 2 is 2.08 bits per heavy atom. The highest BCUT2D eigenvalue weighted by atomic mass is 16.5. The molecule has 1 aromatic carbocycles. The summed E-state index contributed by atoms with van der Waals surface area (Å²) in [6.07, 6.45) is 3.50. The molecule has 1 spiro atoms. The van der Waals surface area contributed by atoms with E-state index in [0.29, 0.717) is 24.6 Å². The van der Waals surface area contributed by atoms with Gasteiger partial charge in [-0.2, -0.15) is 0 Å². The molecule has 0 aromatic heterocycles. The molecule has 1 heterocycles. The molecule has 6 nitrogen and oxygen atoms in total. The summed E-state index contributed by atoms with van der Waals surface area (Å²) in [5.74, 6) is 0.888. The number of aliphatic hydroxyl groups is 1. The molecule has 2 atom stereocenters. The van der Waals surface area contributed by atoms with Crippen LogP contribution in [0.4, 0.5) is 10.5 Å². The first-order chi connectivity index (χ1) is 12.5. The molecular formula is C20H31N3O3.